The molecule has 1 fully saturated rings. The number of nitriles is 1. The molecule has 0 aliphatic carbocycles. The summed E-state index contributed by atoms with van der Waals surface area (Å²) < 4.78 is 33.8. The molecule has 3 heterocycles. The highest BCUT2D eigenvalue weighted by Gasteiger charge is 2.30. The zero-order valence-corrected chi connectivity index (χ0v) is 21.6. The quantitative estimate of drug-likeness (QED) is 0.397. The lowest BCUT2D eigenvalue weighted by atomic mass is 9.96. The lowest BCUT2D eigenvalue weighted by Gasteiger charge is -2.33. The Labute approximate surface area is 220 Å². The predicted molar refractivity (Wildman–Crippen MR) is 136 cm³/mol. The van der Waals surface area contributed by atoms with Gasteiger partial charge in [0.2, 0.25) is 15.9 Å². The molecule has 0 bridgehead atoms. The third-order valence-electron chi connectivity index (χ3n) is 6.10. The Morgan fingerprint density at radius 3 is 2.58 bits per heavy atom. The van der Waals surface area contributed by atoms with Gasteiger partial charge in [-0.2, -0.15) is 5.26 Å². The van der Waals surface area contributed by atoms with E-state index in [0.717, 1.165) is 0 Å². The summed E-state index contributed by atoms with van der Waals surface area (Å²) in [6, 6.07) is 12.2. The van der Waals surface area contributed by atoms with Crippen LogP contribution in [0.2, 0.25) is 0 Å². The molecule has 4 rings (SSSR count). The number of piperidine rings is 1. The molecule has 2 aromatic heterocycles. The zero-order valence-electron chi connectivity index (χ0n) is 20.8. The van der Waals surface area contributed by atoms with E-state index in [0.29, 0.717) is 43.0 Å². The van der Waals surface area contributed by atoms with Crippen molar-refractivity contribution in [2.24, 2.45) is 5.92 Å². The van der Waals surface area contributed by atoms with Gasteiger partial charge < -0.3 is 9.64 Å². The van der Waals surface area contributed by atoms with Crippen molar-refractivity contribution in [1.29, 1.82) is 5.26 Å². The van der Waals surface area contributed by atoms with Gasteiger partial charge in [0.15, 0.2) is 0 Å². The molecule has 1 aromatic carbocycles. The minimum Gasteiger partial charge on any atom is -0.462 e. The second kappa shape index (κ2) is 11.8. The molecular formula is C25H27N7O5S. The van der Waals surface area contributed by atoms with Crippen LogP contribution in [-0.4, -0.2) is 60.0 Å². The van der Waals surface area contributed by atoms with Gasteiger partial charge in [0.1, 0.15) is 11.9 Å². The number of carbonyl (C=O) groups excluding carboxylic acids is 2. The van der Waals surface area contributed by atoms with Gasteiger partial charge in [-0.3, -0.25) is 9.52 Å². The molecule has 1 aliphatic heterocycles. The van der Waals surface area contributed by atoms with Crippen molar-refractivity contribution in [2.75, 3.05) is 24.6 Å². The maximum atomic E-state index is 12.7. The van der Waals surface area contributed by atoms with Gasteiger partial charge in [-0.1, -0.05) is 35.5 Å². The molecule has 1 aliphatic rings. The van der Waals surface area contributed by atoms with Crippen LogP contribution in [0.4, 0.5) is 5.82 Å². The van der Waals surface area contributed by atoms with Crippen molar-refractivity contribution in [3.05, 3.63) is 71.2 Å². The molecule has 0 atom stereocenters. The van der Waals surface area contributed by atoms with Gasteiger partial charge in [0.25, 0.3) is 0 Å². The Morgan fingerprint density at radius 2 is 1.95 bits per heavy atom. The van der Waals surface area contributed by atoms with Gasteiger partial charge in [-0.25, -0.2) is 22.9 Å². The van der Waals surface area contributed by atoms with Crippen molar-refractivity contribution in [3.63, 3.8) is 0 Å². The third-order valence-corrected chi connectivity index (χ3v) is 7.33. The number of nitrogens with zero attached hydrogens (tertiary/aromatic N) is 6. The van der Waals surface area contributed by atoms with Crippen LogP contribution in [0.15, 0.2) is 48.8 Å². The summed E-state index contributed by atoms with van der Waals surface area (Å²) in [5.41, 5.74) is 1.32. The summed E-state index contributed by atoms with van der Waals surface area (Å²) in [6.45, 7) is 2.75. The van der Waals surface area contributed by atoms with Gasteiger partial charge in [0, 0.05) is 25.2 Å². The van der Waals surface area contributed by atoms with Gasteiger partial charge in [-0.15, -0.1) is 5.10 Å². The molecule has 1 amide bonds. The first kappa shape index (κ1) is 26.7. The van der Waals surface area contributed by atoms with Crippen LogP contribution >= 0.6 is 0 Å². The van der Waals surface area contributed by atoms with Crippen molar-refractivity contribution >= 4 is 27.7 Å². The van der Waals surface area contributed by atoms with E-state index in [1.807, 2.05) is 4.90 Å². The van der Waals surface area contributed by atoms with Crippen LogP contribution < -0.4 is 9.62 Å². The van der Waals surface area contributed by atoms with Crippen LogP contribution in [0.1, 0.15) is 46.9 Å². The van der Waals surface area contributed by atoms with E-state index in [-0.39, 0.29) is 30.0 Å². The second-order valence-electron chi connectivity index (χ2n) is 8.76. The first-order valence-electron chi connectivity index (χ1n) is 12.1. The lowest BCUT2D eigenvalue weighted by Crippen LogP contribution is -2.43. The normalized spacial score (nSPS) is 14.1. The zero-order chi connectivity index (χ0) is 27.1. The summed E-state index contributed by atoms with van der Waals surface area (Å²) >= 11 is 0. The minimum absolute atomic E-state index is 0.144. The number of hydrogen-bond donors (Lipinski definition) is 1. The number of rotatable bonds is 9. The highest BCUT2D eigenvalue weighted by molar-refractivity contribution is 7.89. The maximum absolute atomic E-state index is 12.7. The van der Waals surface area contributed by atoms with E-state index in [9.17, 15) is 23.3 Å². The average molecular weight is 538 g/mol. The van der Waals surface area contributed by atoms with Crippen LogP contribution in [0, 0.1) is 17.2 Å². The number of sulfonamides is 1. The monoisotopic (exact) mass is 537 g/mol. The van der Waals surface area contributed by atoms with Gasteiger partial charge in [-0.05, 0) is 31.4 Å². The van der Waals surface area contributed by atoms with E-state index >= 15 is 0 Å². The Morgan fingerprint density at radius 1 is 1.21 bits per heavy atom. The Bertz CT molecular complexity index is 1430. The van der Waals surface area contributed by atoms with Crippen molar-refractivity contribution in [1.82, 2.24) is 24.7 Å². The molecular weight excluding hydrogens is 510 g/mol. The molecule has 1 saturated heterocycles. The summed E-state index contributed by atoms with van der Waals surface area (Å²) in [7, 11) is -3.83. The van der Waals surface area contributed by atoms with Crippen LogP contribution in [0.25, 0.3) is 0 Å². The number of esters is 1. The average Bonchev–Trinajstić information content (AvgIpc) is 3.42. The highest BCUT2D eigenvalue weighted by atomic mass is 32.2. The Hall–Kier alpha value is -4.31. The number of benzene rings is 1. The molecule has 3 aromatic rings. The van der Waals surface area contributed by atoms with Crippen molar-refractivity contribution < 1.29 is 22.7 Å². The highest BCUT2D eigenvalue weighted by Crippen LogP contribution is 2.27. The van der Waals surface area contributed by atoms with Gasteiger partial charge in [0.05, 0.1) is 41.9 Å². The van der Waals surface area contributed by atoms with Gasteiger partial charge >= 0.3 is 5.97 Å². The minimum atomic E-state index is -3.83. The summed E-state index contributed by atoms with van der Waals surface area (Å²) in [6.07, 6.45) is 3.88. The van der Waals surface area contributed by atoms with E-state index in [2.05, 4.69) is 26.1 Å². The number of nitrogens with one attached hydrogen (secondary N) is 1. The maximum Gasteiger partial charge on any atom is 0.340 e. The van der Waals surface area contributed by atoms with E-state index in [1.165, 1.54) is 16.9 Å². The Kier molecular flexibility index (Phi) is 8.32. The van der Waals surface area contributed by atoms with Crippen LogP contribution in [0.5, 0.6) is 0 Å². The lowest BCUT2D eigenvalue weighted by molar-refractivity contribution is -0.123. The second-order valence-corrected chi connectivity index (χ2v) is 10.5. The van der Waals surface area contributed by atoms with Crippen LogP contribution in [0.3, 0.4) is 0 Å². The van der Waals surface area contributed by atoms with E-state index in [4.69, 9.17) is 4.74 Å². The molecule has 0 saturated carbocycles. The van der Waals surface area contributed by atoms with Crippen molar-refractivity contribution in [3.8, 4) is 6.07 Å². The number of amides is 1. The Balaban J connectivity index is 1.48. The summed E-state index contributed by atoms with van der Waals surface area (Å²) in [5.74, 6) is -1.54. The fraction of sp³-hybridized carbons (Fsp3) is 0.360. The third kappa shape index (κ3) is 6.51. The number of anilines is 1. The number of aromatic nitrogens is 4. The standard InChI is InChI=1S/C25H27N7O5S/c1-2-37-25(34)21-14-20(15-26)23(28-22(21)16-32-13-10-27-30-32)31-11-8-19(9-12-31)24(33)29-38(35,36)17-18-6-4-3-5-7-18/h3-7,10,13-14,19H,2,8-9,11-12,16-17H2,1H3,(H,29,33). The molecule has 1 N–H and O–H groups in total. The largest absolute Gasteiger partial charge is 0.462 e. The molecule has 0 spiro atoms. The topological polar surface area (TPSA) is 160 Å². The molecule has 13 heteroatoms. The molecule has 0 radical (unpaired) electrons. The van der Waals surface area contributed by atoms with E-state index in [1.54, 1.807) is 43.5 Å². The molecule has 12 nitrogen and oxygen atoms in total. The fourth-order valence-corrected chi connectivity index (χ4v) is 5.44. The number of pyridine rings is 1. The number of ether oxygens (including phenoxy) is 1. The smallest absolute Gasteiger partial charge is 0.340 e. The number of hydrogen-bond acceptors (Lipinski definition) is 10. The molecule has 38 heavy (non-hydrogen) atoms. The predicted octanol–water partition coefficient (Wildman–Crippen LogP) is 1.63. The number of carbonyl (C=O) groups is 2. The van der Waals surface area contributed by atoms with Crippen LogP contribution in [-0.2, 0) is 31.9 Å². The summed E-state index contributed by atoms with van der Waals surface area (Å²) in [5, 5.41) is 17.5. The first-order valence-corrected chi connectivity index (χ1v) is 13.7. The van der Waals surface area contributed by atoms with E-state index < -0.39 is 27.8 Å². The van der Waals surface area contributed by atoms with Crippen molar-refractivity contribution in [2.45, 2.75) is 32.1 Å². The SMILES string of the molecule is CCOC(=O)c1cc(C#N)c(N2CCC(C(=O)NS(=O)(=O)Cc3ccccc3)CC2)nc1Cn1ccnn1. The molecule has 198 valence electrons. The first-order chi connectivity index (χ1) is 18.3. The fourth-order valence-electron chi connectivity index (χ4n) is 4.26. The summed E-state index contributed by atoms with van der Waals surface area (Å²) in [4.78, 5) is 31.8. The molecule has 0 unspecified atom stereocenters.